The molecule has 6 heteroatoms. The van der Waals surface area contributed by atoms with Gasteiger partial charge in [-0.2, -0.15) is 0 Å². The van der Waals surface area contributed by atoms with Gasteiger partial charge in [0.1, 0.15) is 5.78 Å². The van der Waals surface area contributed by atoms with E-state index in [0.717, 1.165) is 12.8 Å². The van der Waals surface area contributed by atoms with Crippen molar-refractivity contribution in [3.05, 3.63) is 38.9 Å². The van der Waals surface area contributed by atoms with Gasteiger partial charge in [0.2, 0.25) is 0 Å². The van der Waals surface area contributed by atoms with E-state index in [1.54, 1.807) is 12.1 Å². The van der Waals surface area contributed by atoms with E-state index in [9.17, 15) is 14.9 Å². The van der Waals surface area contributed by atoms with Crippen molar-refractivity contribution in [3.8, 4) is 0 Å². The highest BCUT2D eigenvalue weighted by atomic mass is 35.5. The van der Waals surface area contributed by atoms with Crippen LogP contribution in [0.15, 0.2) is 18.2 Å². The molecule has 2 rings (SSSR count). The Morgan fingerprint density at radius 2 is 2.05 bits per heavy atom. The van der Waals surface area contributed by atoms with Gasteiger partial charge in [-0.05, 0) is 26.0 Å². The summed E-state index contributed by atoms with van der Waals surface area (Å²) >= 11 is 6.09. The lowest BCUT2D eigenvalue weighted by Gasteiger charge is -2.30. The Morgan fingerprint density at radius 3 is 2.65 bits per heavy atom. The Hall–Kier alpha value is -1.46. The minimum Gasteiger partial charge on any atom is -0.300 e. The van der Waals surface area contributed by atoms with Gasteiger partial charge < -0.3 is 0 Å². The zero-order valence-corrected chi connectivity index (χ0v) is 12.1. The van der Waals surface area contributed by atoms with Crippen LogP contribution < -0.4 is 0 Å². The number of nitro groups is 1. The molecule has 0 unspecified atom stereocenters. The number of halogens is 1. The summed E-state index contributed by atoms with van der Waals surface area (Å²) in [5, 5.41) is 11.5. The quantitative estimate of drug-likeness (QED) is 0.632. The molecule has 0 aromatic heterocycles. The molecular formula is C14H17ClN2O3. The second kappa shape index (κ2) is 6.33. The van der Waals surface area contributed by atoms with Crippen molar-refractivity contribution in [1.29, 1.82) is 0 Å². The number of ketones is 1. The summed E-state index contributed by atoms with van der Waals surface area (Å²) in [5.74, 6) is 0.304. The van der Waals surface area contributed by atoms with Gasteiger partial charge >= 0.3 is 0 Å². The van der Waals surface area contributed by atoms with Crippen molar-refractivity contribution in [2.45, 2.75) is 38.3 Å². The zero-order valence-electron chi connectivity index (χ0n) is 11.3. The van der Waals surface area contributed by atoms with Crippen LogP contribution in [0.3, 0.4) is 0 Å². The van der Waals surface area contributed by atoms with Gasteiger partial charge in [-0.3, -0.25) is 19.8 Å². The largest absolute Gasteiger partial charge is 0.300 e. The third-order valence-electron chi connectivity index (χ3n) is 3.83. The molecule has 0 spiro atoms. The minimum absolute atomic E-state index is 0.0521. The lowest BCUT2D eigenvalue weighted by atomic mass is 9.93. The van der Waals surface area contributed by atoms with Crippen LogP contribution in [0.2, 0.25) is 5.02 Å². The number of Topliss-reactive ketones (excluding diaryl/α,β-unsaturated/α-hetero) is 1. The highest BCUT2D eigenvalue weighted by Crippen LogP contribution is 2.29. The Kier molecular flexibility index (Phi) is 4.73. The standard InChI is InChI=1S/C14H17ClN2O3/c1-16(10-5-7-11(18)8-6-10)9-12-13(15)3-2-4-14(12)17(19)20/h2-4,10H,5-9H2,1H3. The lowest BCUT2D eigenvalue weighted by molar-refractivity contribution is -0.385. The SMILES string of the molecule is CN(Cc1c(Cl)cccc1[N+](=O)[O-])C1CCC(=O)CC1. The van der Waals surface area contributed by atoms with Gasteiger partial charge in [-0.1, -0.05) is 17.7 Å². The van der Waals surface area contributed by atoms with Crippen molar-refractivity contribution < 1.29 is 9.72 Å². The maximum absolute atomic E-state index is 11.3. The first-order valence-electron chi connectivity index (χ1n) is 6.62. The second-order valence-corrected chi connectivity index (χ2v) is 5.59. The first kappa shape index (κ1) is 14.9. The van der Waals surface area contributed by atoms with Crippen molar-refractivity contribution in [1.82, 2.24) is 4.90 Å². The molecule has 1 aliphatic carbocycles. The van der Waals surface area contributed by atoms with Gasteiger partial charge in [0.05, 0.1) is 15.5 Å². The molecule has 0 bridgehead atoms. The van der Waals surface area contributed by atoms with E-state index in [2.05, 4.69) is 4.90 Å². The predicted molar refractivity (Wildman–Crippen MR) is 76.8 cm³/mol. The highest BCUT2D eigenvalue weighted by molar-refractivity contribution is 6.31. The minimum atomic E-state index is -0.403. The van der Waals surface area contributed by atoms with E-state index in [1.807, 2.05) is 7.05 Å². The van der Waals surface area contributed by atoms with Crippen LogP contribution in [-0.4, -0.2) is 28.7 Å². The molecule has 0 heterocycles. The van der Waals surface area contributed by atoms with Gasteiger partial charge in [0.25, 0.3) is 5.69 Å². The maximum Gasteiger partial charge on any atom is 0.275 e. The number of hydrogen-bond donors (Lipinski definition) is 0. The average Bonchev–Trinajstić information content (AvgIpc) is 2.41. The number of carbonyl (C=O) groups is 1. The van der Waals surface area contributed by atoms with Crippen LogP contribution in [0.1, 0.15) is 31.2 Å². The third kappa shape index (κ3) is 3.35. The monoisotopic (exact) mass is 296 g/mol. The normalized spacial score (nSPS) is 16.6. The molecule has 0 amide bonds. The van der Waals surface area contributed by atoms with E-state index in [-0.39, 0.29) is 11.7 Å². The fraction of sp³-hybridized carbons (Fsp3) is 0.500. The zero-order chi connectivity index (χ0) is 14.7. The van der Waals surface area contributed by atoms with Gasteiger partial charge in [-0.25, -0.2) is 0 Å². The molecular weight excluding hydrogens is 280 g/mol. The predicted octanol–water partition coefficient (Wildman–Crippen LogP) is 3.19. The summed E-state index contributed by atoms with van der Waals surface area (Å²) in [4.78, 5) is 24.0. The molecule has 108 valence electrons. The highest BCUT2D eigenvalue weighted by Gasteiger charge is 2.25. The van der Waals surface area contributed by atoms with Gasteiger partial charge in [0, 0.05) is 31.5 Å². The van der Waals surface area contributed by atoms with Crippen molar-refractivity contribution in [2.24, 2.45) is 0 Å². The number of hydrogen-bond acceptors (Lipinski definition) is 4. The van der Waals surface area contributed by atoms with E-state index in [4.69, 9.17) is 11.6 Å². The second-order valence-electron chi connectivity index (χ2n) is 5.18. The van der Waals surface area contributed by atoms with Crippen LogP contribution >= 0.6 is 11.6 Å². The van der Waals surface area contributed by atoms with Crippen LogP contribution in [0.4, 0.5) is 5.69 Å². The number of benzene rings is 1. The lowest BCUT2D eigenvalue weighted by Crippen LogP contribution is -2.35. The summed E-state index contributed by atoms with van der Waals surface area (Å²) in [6.45, 7) is 0.425. The molecule has 0 aliphatic heterocycles. The molecule has 1 aromatic carbocycles. The van der Waals surface area contributed by atoms with Crippen molar-refractivity contribution in [2.75, 3.05) is 7.05 Å². The molecule has 1 aliphatic rings. The topological polar surface area (TPSA) is 63.4 Å². The molecule has 1 saturated carbocycles. The smallest absolute Gasteiger partial charge is 0.275 e. The van der Waals surface area contributed by atoms with Crippen molar-refractivity contribution >= 4 is 23.1 Å². The maximum atomic E-state index is 11.3. The van der Waals surface area contributed by atoms with E-state index in [0.29, 0.717) is 35.8 Å². The summed E-state index contributed by atoms with van der Waals surface area (Å²) < 4.78 is 0. The molecule has 1 aromatic rings. The Bertz CT molecular complexity index is 523. The Morgan fingerprint density at radius 1 is 1.40 bits per heavy atom. The number of nitro benzene ring substituents is 1. The summed E-state index contributed by atoms with van der Waals surface area (Å²) in [6.07, 6.45) is 2.82. The van der Waals surface area contributed by atoms with Crippen LogP contribution in [0, 0.1) is 10.1 Å². The molecule has 20 heavy (non-hydrogen) atoms. The van der Waals surface area contributed by atoms with Crippen LogP contribution in [0.25, 0.3) is 0 Å². The molecule has 5 nitrogen and oxygen atoms in total. The Labute approximate surface area is 122 Å². The number of rotatable bonds is 4. The van der Waals surface area contributed by atoms with Crippen LogP contribution in [-0.2, 0) is 11.3 Å². The molecule has 0 saturated heterocycles. The molecule has 0 radical (unpaired) electrons. The average molecular weight is 297 g/mol. The number of nitrogens with zero attached hydrogens (tertiary/aromatic N) is 2. The third-order valence-corrected chi connectivity index (χ3v) is 4.19. The van der Waals surface area contributed by atoms with Crippen LogP contribution in [0.5, 0.6) is 0 Å². The first-order chi connectivity index (χ1) is 9.49. The number of carbonyl (C=O) groups excluding carboxylic acids is 1. The molecule has 0 atom stereocenters. The molecule has 1 fully saturated rings. The van der Waals surface area contributed by atoms with E-state index in [1.165, 1.54) is 6.07 Å². The first-order valence-corrected chi connectivity index (χ1v) is 7.00. The van der Waals surface area contributed by atoms with E-state index >= 15 is 0 Å². The molecule has 0 N–H and O–H groups in total. The van der Waals surface area contributed by atoms with E-state index < -0.39 is 4.92 Å². The summed E-state index contributed by atoms with van der Waals surface area (Å²) in [5.41, 5.74) is 0.592. The fourth-order valence-electron chi connectivity index (χ4n) is 2.62. The summed E-state index contributed by atoms with van der Waals surface area (Å²) in [6, 6.07) is 5.01. The van der Waals surface area contributed by atoms with Crippen molar-refractivity contribution in [3.63, 3.8) is 0 Å². The van der Waals surface area contributed by atoms with Gasteiger partial charge in [0.15, 0.2) is 0 Å². The van der Waals surface area contributed by atoms with Gasteiger partial charge in [-0.15, -0.1) is 0 Å². The summed E-state index contributed by atoms with van der Waals surface area (Å²) in [7, 11) is 1.92. The Balaban J connectivity index is 2.13. The fourth-order valence-corrected chi connectivity index (χ4v) is 2.85.